The van der Waals surface area contributed by atoms with E-state index in [0.717, 1.165) is 0 Å². The van der Waals surface area contributed by atoms with Gasteiger partial charge in [0, 0.05) is 13.1 Å². The number of ether oxygens (including phenoxy) is 2. The van der Waals surface area contributed by atoms with Crippen LogP contribution in [0.3, 0.4) is 0 Å². The van der Waals surface area contributed by atoms with Crippen molar-refractivity contribution in [1.29, 1.82) is 0 Å². The van der Waals surface area contributed by atoms with Crippen LogP contribution in [0.1, 0.15) is 0 Å². The highest BCUT2D eigenvalue weighted by Crippen LogP contribution is 2.12. The van der Waals surface area contributed by atoms with Gasteiger partial charge in [0.05, 0.1) is 25.5 Å². The van der Waals surface area contributed by atoms with Crippen molar-refractivity contribution in [2.75, 3.05) is 32.6 Å². The van der Waals surface area contributed by atoms with Crippen molar-refractivity contribution in [2.45, 2.75) is 0 Å². The van der Waals surface area contributed by atoms with Crippen LogP contribution in [0.5, 0.6) is 11.6 Å². The summed E-state index contributed by atoms with van der Waals surface area (Å²) in [6, 6.07) is 8.81. The molecule has 0 fully saturated rings. The number of carbonyl (C=O) groups excluding carboxylic acids is 1. The number of halogens is 1. The highest BCUT2D eigenvalue weighted by molar-refractivity contribution is 5.88. The van der Waals surface area contributed by atoms with E-state index in [0.29, 0.717) is 30.5 Å². The molecule has 6 nitrogen and oxygen atoms in total. The van der Waals surface area contributed by atoms with E-state index in [1.54, 1.807) is 31.3 Å². The van der Waals surface area contributed by atoms with Crippen LogP contribution in [0.25, 0.3) is 0 Å². The second-order valence-electron chi connectivity index (χ2n) is 4.74. The number of carbonyl (C=O) groups is 1. The molecule has 122 valence electrons. The monoisotopic (exact) mass is 319 g/mol. The highest BCUT2D eigenvalue weighted by Gasteiger charge is 2.09. The minimum Gasteiger partial charge on any atom is -0.492 e. The molecular weight excluding hydrogens is 301 g/mol. The third-order valence-corrected chi connectivity index (χ3v) is 3.05. The van der Waals surface area contributed by atoms with E-state index >= 15 is 0 Å². The standard InChI is InChI=1S/C16H18FN3O3/c1-20(9-10-23-14-6-3-12(17)4-7-14)16(21)19-13-5-8-15(22-2)18-11-13/h3-8,11H,9-10H2,1-2H3,(H,19,21). The van der Waals surface area contributed by atoms with Crippen molar-refractivity contribution in [3.8, 4) is 11.6 Å². The summed E-state index contributed by atoms with van der Waals surface area (Å²) in [4.78, 5) is 17.5. The summed E-state index contributed by atoms with van der Waals surface area (Å²) in [6.07, 6.45) is 1.51. The lowest BCUT2D eigenvalue weighted by atomic mass is 10.3. The lowest BCUT2D eigenvalue weighted by molar-refractivity contribution is 0.207. The van der Waals surface area contributed by atoms with Gasteiger partial charge in [0.15, 0.2) is 0 Å². The largest absolute Gasteiger partial charge is 0.492 e. The number of methoxy groups -OCH3 is 1. The van der Waals surface area contributed by atoms with Crippen molar-refractivity contribution in [1.82, 2.24) is 9.88 Å². The van der Waals surface area contributed by atoms with Gasteiger partial charge >= 0.3 is 6.03 Å². The molecular formula is C16H18FN3O3. The van der Waals surface area contributed by atoms with E-state index in [1.165, 1.54) is 30.3 Å². The summed E-state index contributed by atoms with van der Waals surface area (Å²) in [5.74, 6) is 0.713. The maximum absolute atomic E-state index is 12.8. The molecule has 0 aliphatic rings. The second kappa shape index (κ2) is 7.98. The molecule has 0 bridgehead atoms. The van der Waals surface area contributed by atoms with Crippen LogP contribution in [0.2, 0.25) is 0 Å². The Bertz CT molecular complexity index is 632. The Balaban J connectivity index is 1.76. The van der Waals surface area contributed by atoms with Crippen LogP contribution in [0.15, 0.2) is 42.6 Å². The van der Waals surface area contributed by atoms with Crippen molar-refractivity contribution >= 4 is 11.7 Å². The Kier molecular flexibility index (Phi) is 5.74. The molecule has 1 N–H and O–H groups in total. The molecule has 2 amide bonds. The molecule has 0 saturated heterocycles. The third kappa shape index (κ3) is 5.14. The van der Waals surface area contributed by atoms with Gasteiger partial charge in [-0.25, -0.2) is 14.2 Å². The number of urea groups is 1. The quantitative estimate of drug-likeness (QED) is 0.889. The minimum atomic E-state index is -0.318. The van der Waals surface area contributed by atoms with Crippen molar-refractivity contribution < 1.29 is 18.7 Å². The molecule has 0 saturated carbocycles. The maximum atomic E-state index is 12.8. The van der Waals surface area contributed by atoms with Gasteiger partial charge in [0.25, 0.3) is 0 Å². The zero-order chi connectivity index (χ0) is 16.7. The lowest BCUT2D eigenvalue weighted by Gasteiger charge is -2.18. The molecule has 1 aromatic heterocycles. The van der Waals surface area contributed by atoms with Crippen LogP contribution >= 0.6 is 0 Å². The van der Waals surface area contributed by atoms with Gasteiger partial charge in [0.2, 0.25) is 5.88 Å². The van der Waals surface area contributed by atoms with Crippen LogP contribution in [-0.2, 0) is 0 Å². The van der Waals surface area contributed by atoms with Crippen LogP contribution in [-0.4, -0.2) is 43.2 Å². The molecule has 23 heavy (non-hydrogen) atoms. The number of pyridine rings is 1. The molecule has 0 atom stereocenters. The van der Waals surface area contributed by atoms with Gasteiger partial charge in [-0.1, -0.05) is 0 Å². The molecule has 0 aliphatic heterocycles. The van der Waals surface area contributed by atoms with E-state index in [4.69, 9.17) is 9.47 Å². The molecule has 2 rings (SSSR count). The first-order chi connectivity index (χ1) is 11.1. The Morgan fingerprint density at radius 2 is 2.00 bits per heavy atom. The summed E-state index contributed by atoms with van der Waals surface area (Å²) < 4.78 is 23.2. The average Bonchev–Trinajstić information content (AvgIpc) is 2.57. The van der Waals surface area contributed by atoms with Gasteiger partial charge in [-0.2, -0.15) is 0 Å². The Morgan fingerprint density at radius 1 is 1.26 bits per heavy atom. The Hall–Kier alpha value is -2.83. The molecule has 0 unspecified atom stereocenters. The predicted molar refractivity (Wildman–Crippen MR) is 84.3 cm³/mol. The van der Waals surface area contributed by atoms with Crippen molar-refractivity contribution in [3.05, 3.63) is 48.4 Å². The number of hydrogen-bond donors (Lipinski definition) is 1. The number of benzene rings is 1. The van der Waals surface area contributed by atoms with Gasteiger partial charge in [-0.3, -0.25) is 0 Å². The first kappa shape index (κ1) is 16.5. The summed E-state index contributed by atoms with van der Waals surface area (Å²) in [7, 11) is 3.18. The number of anilines is 1. The van der Waals surface area contributed by atoms with Crippen LogP contribution in [0.4, 0.5) is 14.9 Å². The molecule has 0 radical (unpaired) electrons. The SMILES string of the molecule is COc1ccc(NC(=O)N(C)CCOc2ccc(F)cc2)cn1. The first-order valence-electron chi connectivity index (χ1n) is 6.99. The molecule has 1 aromatic carbocycles. The minimum absolute atomic E-state index is 0.278. The topological polar surface area (TPSA) is 63.7 Å². The summed E-state index contributed by atoms with van der Waals surface area (Å²) >= 11 is 0. The van der Waals surface area contributed by atoms with Crippen LogP contribution < -0.4 is 14.8 Å². The van der Waals surface area contributed by atoms with Crippen LogP contribution in [0, 0.1) is 5.82 Å². The normalized spacial score (nSPS) is 10.0. The van der Waals surface area contributed by atoms with E-state index < -0.39 is 0 Å². The first-order valence-corrected chi connectivity index (χ1v) is 6.99. The number of likely N-dealkylation sites (N-methyl/N-ethyl adjacent to an activating group) is 1. The fraction of sp³-hybridized carbons (Fsp3) is 0.250. The highest BCUT2D eigenvalue weighted by atomic mass is 19.1. The van der Waals surface area contributed by atoms with E-state index in [-0.39, 0.29) is 11.8 Å². The number of aromatic nitrogens is 1. The fourth-order valence-corrected chi connectivity index (χ4v) is 1.73. The van der Waals surface area contributed by atoms with Gasteiger partial charge < -0.3 is 19.7 Å². The van der Waals surface area contributed by atoms with Crippen molar-refractivity contribution in [2.24, 2.45) is 0 Å². The maximum Gasteiger partial charge on any atom is 0.321 e. The molecule has 7 heteroatoms. The average molecular weight is 319 g/mol. The smallest absolute Gasteiger partial charge is 0.321 e. The van der Waals surface area contributed by atoms with E-state index in [2.05, 4.69) is 10.3 Å². The summed E-state index contributed by atoms with van der Waals surface area (Å²) in [5.41, 5.74) is 0.571. The zero-order valence-electron chi connectivity index (χ0n) is 13.0. The Labute approximate surface area is 133 Å². The molecule has 0 spiro atoms. The number of rotatable bonds is 6. The Morgan fingerprint density at radius 3 is 2.61 bits per heavy atom. The van der Waals surface area contributed by atoms with Gasteiger partial charge in [0.1, 0.15) is 18.2 Å². The molecule has 0 aliphatic carbocycles. The number of nitrogens with one attached hydrogen (secondary N) is 1. The lowest BCUT2D eigenvalue weighted by Crippen LogP contribution is -2.34. The summed E-state index contributed by atoms with van der Waals surface area (Å²) in [6.45, 7) is 0.684. The number of amides is 2. The third-order valence-electron chi connectivity index (χ3n) is 3.05. The number of hydrogen-bond acceptors (Lipinski definition) is 4. The zero-order valence-corrected chi connectivity index (χ0v) is 13.0. The molecule has 2 aromatic rings. The van der Waals surface area contributed by atoms with Crippen molar-refractivity contribution in [3.63, 3.8) is 0 Å². The molecule has 1 heterocycles. The second-order valence-corrected chi connectivity index (χ2v) is 4.74. The van der Waals surface area contributed by atoms with E-state index in [1.807, 2.05) is 0 Å². The fourth-order valence-electron chi connectivity index (χ4n) is 1.73. The predicted octanol–water partition coefficient (Wildman–Crippen LogP) is 2.77. The van der Waals surface area contributed by atoms with Gasteiger partial charge in [-0.15, -0.1) is 0 Å². The summed E-state index contributed by atoms with van der Waals surface area (Å²) in [5, 5.41) is 2.71. The van der Waals surface area contributed by atoms with Gasteiger partial charge in [-0.05, 0) is 30.3 Å². The number of nitrogens with zero attached hydrogens (tertiary/aromatic N) is 2. The van der Waals surface area contributed by atoms with E-state index in [9.17, 15) is 9.18 Å².